The van der Waals surface area contributed by atoms with Crippen LogP contribution in [0.15, 0.2) is 39.4 Å². The van der Waals surface area contributed by atoms with Crippen LogP contribution in [0.5, 0.6) is 0 Å². The van der Waals surface area contributed by atoms with Gasteiger partial charge in [0.15, 0.2) is 5.71 Å². The molecule has 14 nitrogen and oxygen atoms in total. The van der Waals surface area contributed by atoms with E-state index in [-0.39, 0.29) is 29.3 Å². The van der Waals surface area contributed by atoms with Crippen molar-refractivity contribution in [2.45, 2.75) is 31.6 Å². The molecule has 2 aliphatic heterocycles. The highest BCUT2D eigenvalue weighted by molar-refractivity contribution is 8.00. The van der Waals surface area contributed by atoms with Gasteiger partial charge in [0.25, 0.3) is 11.8 Å². The van der Waals surface area contributed by atoms with E-state index in [1.807, 2.05) is 0 Å². The topological polar surface area (TPSA) is 189 Å². The number of carbonyl (C=O) groups is 5. The number of β-lactam (4-membered cyclic amide) rings is 1. The lowest BCUT2D eigenvalue weighted by Crippen LogP contribution is -2.71. The van der Waals surface area contributed by atoms with E-state index < -0.39 is 47.6 Å². The standard InChI is InChI=1S/C20H22N4O10S/c1-9(25)33-10(2)34-19(28)15-12(7-32-20(21)29)8-35-18-14(17(27)24(15)18)22-16(26)13(23-30-3)11-4-5-31-6-11/h4-6,10,14,18H,7-8H2,1-3H3,(H2,21,29)(H,22,26)/b23-13-/t10?,14-,18-/m1/s1. The van der Waals surface area contributed by atoms with Crippen molar-refractivity contribution in [3.05, 3.63) is 35.4 Å². The molecule has 1 saturated heterocycles. The number of carbonyl (C=O) groups excluding carboxylic acids is 5. The highest BCUT2D eigenvalue weighted by Gasteiger charge is 2.55. The Balaban J connectivity index is 1.80. The minimum Gasteiger partial charge on any atom is -0.472 e. The molecule has 1 aromatic heterocycles. The molecule has 1 fully saturated rings. The van der Waals surface area contributed by atoms with Crippen LogP contribution >= 0.6 is 11.8 Å². The molecular weight excluding hydrogens is 488 g/mol. The van der Waals surface area contributed by atoms with Crippen LogP contribution in [0.4, 0.5) is 4.79 Å². The summed E-state index contributed by atoms with van der Waals surface area (Å²) in [6, 6.07) is 0.488. The summed E-state index contributed by atoms with van der Waals surface area (Å²) < 4.78 is 19.7. The number of fused-ring (bicyclic) bond motifs is 1. The van der Waals surface area contributed by atoms with Crippen LogP contribution in [-0.4, -0.2) is 77.6 Å². The summed E-state index contributed by atoms with van der Waals surface area (Å²) in [5.74, 6) is -2.83. The maximum atomic E-state index is 13.0. The molecule has 3 N–H and O–H groups in total. The molecule has 3 atom stereocenters. The number of nitrogens with two attached hydrogens (primary N) is 1. The Kier molecular flexibility index (Phi) is 8.01. The van der Waals surface area contributed by atoms with Crippen molar-refractivity contribution in [3.63, 3.8) is 0 Å². The molecule has 0 bridgehead atoms. The normalized spacial score (nSPS) is 20.3. The molecule has 3 heterocycles. The Hall–Kier alpha value is -4.01. The Morgan fingerprint density at radius 3 is 2.69 bits per heavy atom. The average Bonchev–Trinajstić information content (AvgIpc) is 3.32. The molecular formula is C20H22N4O10S. The van der Waals surface area contributed by atoms with E-state index in [4.69, 9.17) is 29.2 Å². The first kappa shape index (κ1) is 25.6. The maximum Gasteiger partial charge on any atom is 0.404 e. The molecule has 0 aromatic carbocycles. The summed E-state index contributed by atoms with van der Waals surface area (Å²) in [6.07, 6.45) is 0.313. The Bertz CT molecular complexity index is 1080. The third kappa shape index (κ3) is 5.74. The SMILES string of the molecule is CO/N=C(\C(=O)N[C@@H]1C(=O)N2C(C(=O)OC(C)OC(C)=O)=C(COC(N)=O)CS[C@H]12)c1ccoc1. The van der Waals surface area contributed by atoms with Crippen LogP contribution in [0.1, 0.15) is 19.4 Å². The number of hydrogen-bond donors (Lipinski definition) is 2. The van der Waals surface area contributed by atoms with Crippen molar-refractivity contribution < 1.29 is 47.4 Å². The molecule has 0 spiro atoms. The maximum absolute atomic E-state index is 13.0. The van der Waals surface area contributed by atoms with Crippen LogP contribution in [0.2, 0.25) is 0 Å². The van der Waals surface area contributed by atoms with Crippen molar-refractivity contribution in [1.29, 1.82) is 0 Å². The molecule has 1 aromatic rings. The second-order valence-corrected chi connectivity index (χ2v) is 8.24. The van der Waals surface area contributed by atoms with E-state index in [0.29, 0.717) is 5.56 Å². The fraction of sp³-hybridized carbons (Fsp3) is 0.400. The van der Waals surface area contributed by atoms with Gasteiger partial charge in [-0.05, 0) is 6.07 Å². The number of hydrogen-bond acceptors (Lipinski definition) is 12. The minimum absolute atomic E-state index is 0.116. The third-order valence-corrected chi connectivity index (χ3v) is 6.05. The van der Waals surface area contributed by atoms with Crippen molar-refractivity contribution in [1.82, 2.24) is 10.2 Å². The van der Waals surface area contributed by atoms with E-state index in [0.717, 1.165) is 11.8 Å². The Morgan fingerprint density at radius 1 is 1.34 bits per heavy atom. The molecule has 3 amide bonds. The second kappa shape index (κ2) is 10.9. The molecule has 0 aliphatic carbocycles. The van der Waals surface area contributed by atoms with Gasteiger partial charge in [0, 0.05) is 30.7 Å². The lowest BCUT2D eigenvalue weighted by molar-refractivity contribution is -0.182. The molecule has 0 saturated carbocycles. The van der Waals surface area contributed by atoms with Gasteiger partial charge in [-0.1, -0.05) is 5.16 Å². The number of rotatable bonds is 9. The first-order valence-corrected chi connectivity index (χ1v) is 11.1. The van der Waals surface area contributed by atoms with Crippen molar-refractivity contribution >= 4 is 47.3 Å². The predicted molar refractivity (Wildman–Crippen MR) is 117 cm³/mol. The summed E-state index contributed by atoms with van der Waals surface area (Å²) >= 11 is 1.22. The molecule has 2 aliphatic rings. The summed E-state index contributed by atoms with van der Waals surface area (Å²) in [7, 11) is 1.26. The predicted octanol–water partition coefficient (Wildman–Crippen LogP) is -0.168. The number of primary amides is 1. The fourth-order valence-corrected chi connectivity index (χ4v) is 4.66. The third-order valence-electron chi connectivity index (χ3n) is 4.71. The highest BCUT2D eigenvalue weighted by atomic mass is 32.2. The second-order valence-electron chi connectivity index (χ2n) is 7.14. The number of ether oxygens (including phenoxy) is 3. The van der Waals surface area contributed by atoms with E-state index in [9.17, 15) is 24.0 Å². The largest absolute Gasteiger partial charge is 0.472 e. The van der Waals surface area contributed by atoms with Gasteiger partial charge < -0.3 is 34.5 Å². The van der Waals surface area contributed by atoms with Gasteiger partial charge in [0.2, 0.25) is 6.29 Å². The average molecular weight is 510 g/mol. The van der Waals surface area contributed by atoms with Crippen molar-refractivity contribution in [2.75, 3.05) is 19.5 Å². The molecule has 1 unspecified atom stereocenters. The van der Waals surface area contributed by atoms with E-state index in [1.165, 1.54) is 44.4 Å². The quantitative estimate of drug-likeness (QED) is 0.147. The van der Waals surface area contributed by atoms with Crippen LogP contribution in [0.25, 0.3) is 0 Å². The first-order chi connectivity index (χ1) is 16.6. The zero-order valence-electron chi connectivity index (χ0n) is 18.8. The number of oxime groups is 1. The molecule has 3 rings (SSSR count). The zero-order chi connectivity index (χ0) is 25.7. The Morgan fingerprint density at radius 2 is 2.09 bits per heavy atom. The number of thioether (sulfide) groups is 1. The summed E-state index contributed by atoms with van der Waals surface area (Å²) in [5, 5.41) is 5.59. The van der Waals surface area contributed by atoms with E-state index in [1.54, 1.807) is 0 Å². The molecule has 0 radical (unpaired) electrons. The van der Waals surface area contributed by atoms with E-state index >= 15 is 0 Å². The van der Waals surface area contributed by atoms with Crippen LogP contribution < -0.4 is 11.1 Å². The van der Waals surface area contributed by atoms with Gasteiger partial charge in [0.1, 0.15) is 30.8 Å². The van der Waals surface area contributed by atoms with Crippen molar-refractivity contribution in [3.8, 4) is 0 Å². The summed E-state index contributed by atoms with van der Waals surface area (Å²) in [4.78, 5) is 66.7. The van der Waals surface area contributed by atoms with Gasteiger partial charge in [-0.15, -0.1) is 11.8 Å². The van der Waals surface area contributed by atoms with Gasteiger partial charge in [0.05, 0.1) is 12.5 Å². The zero-order valence-corrected chi connectivity index (χ0v) is 19.7. The smallest absolute Gasteiger partial charge is 0.404 e. The number of furan rings is 1. The van der Waals surface area contributed by atoms with Crippen LogP contribution in [0, 0.1) is 0 Å². The van der Waals surface area contributed by atoms with Crippen molar-refractivity contribution in [2.24, 2.45) is 10.9 Å². The first-order valence-electron chi connectivity index (χ1n) is 10.1. The highest BCUT2D eigenvalue weighted by Crippen LogP contribution is 2.41. The lowest BCUT2D eigenvalue weighted by atomic mass is 10.0. The van der Waals surface area contributed by atoms with Gasteiger partial charge in [-0.3, -0.25) is 19.3 Å². The number of amides is 3. The number of esters is 2. The molecule has 35 heavy (non-hydrogen) atoms. The summed E-state index contributed by atoms with van der Waals surface area (Å²) in [6.45, 7) is 2.09. The molecule has 15 heteroatoms. The Labute approximate surface area is 202 Å². The van der Waals surface area contributed by atoms with Crippen LogP contribution in [0.3, 0.4) is 0 Å². The monoisotopic (exact) mass is 510 g/mol. The van der Waals surface area contributed by atoms with Gasteiger partial charge >= 0.3 is 18.0 Å². The van der Waals surface area contributed by atoms with Gasteiger partial charge in [-0.25, -0.2) is 9.59 Å². The van der Waals surface area contributed by atoms with Gasteiger partial charge in [-0.2, -0.15) is 0 Å². The molecule has 188 valence electrons. The van der Waals surface area contributed by atoms with E-state index in [2.05, 4.69) is 10.5 Å². The fourth-order valence-electron chi connectivity index (χ4n) is 3.33. The summed E-state index contributed by atoms with van der Waals surface area (Å²) in [5.41, 5.74) is 5.30. The number of nitrogens with one attached hydrogen (secondary N) is 1. The minimum atomic E-state index is -1.24. The lowest BCUT2D eigenvalue weighted by Gasteiger charge is -2.49. The van der Waals surface area contributed by atoms with Crippen LogP contribution in [-0.2, 0) is 38.2 Å². The number of nitrogens with zero attached hydrogens (tertiary/aromatic N) is 2.